The molecule has 0 N–H and O–H groups in total. The van der Waals surface area contributed by atoms with Crippen LogP contribution in [0.25, 0.3) is 0 Å². The molecule has 5 nitrogen and oxygen atoms in total. The van der Waals surface area contributed by atoms with Gasteiger partial charge >= 0.3 is 11.7 Å². The molecule has 0 aliphatic heterocycles. The lowest BCUT2D eigenvalue weighted by molar-refractivity contribution is -0.619. The summed E-state index contributed by atoms with van der Waals surface area (Å²) in [5.74, 6) is -0.770. The molecular formula is C9H10ClNO4. The average molecular weight is 232 g/mol. The van der Waals surface area contributed by atoms with Crippen LogP contribution in [0.1, 0.15) is 16.2 Å². The second-order valence-electron chi connectivity index (χ2n) is 2.74. The van der Waals surface area contributed by atoms with Crippen LogP contribution in [0.3, 0.4) is 0 Å². The lowest BCUT2D eigenvalue weighted by Gasteiger charge is -2.08. The lowest BCUT2D eigenvalue weighted by atomic mass is 10.3. The van der Waals surface area contributed by atoms with Crippen LogP contribution in [0.2, 0.25) is 5.02 Å². The summed E-state index contributed by atoms with van der Waals surface area (Å²) in [5, 5.41) is 11.7. The van der Waals surface area contributed by atoms with Crippen molar-refractivity contribution in [1.29, 1.82) is 0 Å². The summed E-state index contributed by atoms with van der Waals surface area (Å²) >= 11 is 5.71. The van der Waals surface area contributed by atoms with Crippen LogP contribution in [0, 0.1) is 5.21 Å². The number of methoxy groups -OCH3 is 2. The van der Waals surface area contributed by atoms with Crippen molar-refractivity contribution in [3.05, 3.63) is 33.8 Å². The van der Waals surface area contributed by atoms with Crippen LogP contribution in [0.5, 0.6) is 0 Å². The number of rotatable bonds is 3. The minimum Gasteiger partial charge on any atom is -0.618 e. The highest BCUT2D eigenvalue weighted by molar-refractivity contribution is 6.33. The molecule has 82 valence electrons. The van der Waals surface area contributed by atoms with Crippen molar-refractivity contribution in [3.63, 3.8) is 0 Å². The highest BCUT2D eigenvalue weighted by Crippen LogP contribution is 2.13. The van der Waals surface area contributed by atoms with Gasteiger partial charge in [0.25, 0.3) is 0 Å². The SMILES string of the molecule is COCc1ccc(Cl)c(C(=O)OC)[n+]1[O-]. The maximum atomic E-state index is 11.6. The van der Waals surface area contributed by atoms with Gasteiger partial charge < -0.3 is 14.7 Å². The van der Waals surface area contributed by atoms with E-state index in [4.69, 9.17) is 16.3 Å². The number of halogens is 1. The van der Waals surface area contributed by atoms with E-state index >= 15 is 0 Å². The van der Waals surface area contributed by atoms with Crippen LogP contribution in [0.4, 0.5) is 0 Å². The molecule has 0 amide bonds. The number of ether oxygens (including phenoxy) is 2. The fourth-order valence-electron chi connectivity index (χ4n) is 1.09. The van der Waals surface area contributed by atoms with Crippen molar-refractivity contribution in [2.24, 2.45) is 0 Å². The van der Waals surface area contributed by atoms with Gasteiger partial charge in [-0.2, -0.15) is 4.73 Å². The molecule has 6 heteroatoms. The van der Waals surface area contributed by atoms with E-state index in [1.54, 1.807) is 0 Å². The largest absolute Gasteiger partial charge is 0.618 e. The molecule has 1 heterocycles. The number of pyridine rings is 1. The molecule has 0 aromatic carbocycles. The molecule has 1 rings (SSSR count). The fourth-order valence-corrected chi connectivity index (χ4v) is 1.31. The van der Waals surface area contributed by atoms with Crippen molar-refractivity contribution in [2.75, 3.05) is 14.2 Å². The second kappa shape index (κ2) is 4.95. The quantitative estimate of drug-likeness (QED) is 0.441. The zero-order valence-electron chi connectivity index (χ0n) is 8.32. The Bertz CT molecular complexity index is 381. The second-order valence-corrected chi connectivity index (χ2v) is 3.15. The highest BCUT2D eigenvalue weighted by atomic mass is 35.5. The summed E-state index contributed by atoms with van der Waals surface area (Å²) in [4.78, 5) is 11.2. The molecule has 0 radical (unpaired) electrons. The Labute approximate surface area is 91.8 Å². The predicted octanol–water partition coefficient (Wildman–Crippen LogP) is 0.906. The summed E-state index contributed by atoms with van der Waals surface area (Å²) < 4.78 is 9.66. The average Bonchev–Trinajstić information content (AvgIpc) is 2.22. The van der Waals surface area contributed by atoms with Crippen molar-refractivity contribution in [2.45, 2.75) is 6.61 Å². The van der Waals surface area contributed by atoms with Gasteiger partial charge in [-0.05, 0) is 6.07 Å². The van der Waals surface area contributed by atoms with Crippen LogP contribution >= 0.6 is 11.6 Å². The zero-order valence-corrected chi connectivity index (χ0v) is 9.08. The standard InChI is InChI=1S/C9H10ClNO4/c1-14-5-6-3-4-7(10)8(11(6)13)9(12)15-2/h3-4H,5H2,1-2H3. The number of aromatic nitrogens is 1. The van der Waals surface area contributed by atoms with E-state index in [2.05, 4.69) is 4.74 Å². The molecule has 0 unspecified atom stereocenters. The van der Waals surface area contributed by atoms with Crippen LogP contribution < -0.4 is 4.73 Å². The summed E-state index contributed by atoms with van der Waals surface area (Å²) in [6, 6.07) is 2.95. The van der Waals surface area contributed by atoms with E-state index in [9.17, 15) is 10.0 Å². The van der Waals surface area contributed by atoms with Gasteiger partial charge in [0.05, 0.1) is 7.11 Å². The first-order chi connectivity index (χ1) is 7.11. The van der Waals surface area contributed by atoms with Gasteiger partial charge in [0.15, 0.2) is 0 Å². The first-order valence-electron chi connectivity index (χ1n) is 4.10. The summed E-state index contributed by atoms with van der Waals surface area (Å²) in [7, 11) is 2.63. The van der Waals surface area contributed by atoms with Crippen LogP contribution in [0.15, 0.2) is 12.1 Å². The monoisotopic (exact) mass is 231 g/mol. The minimum atomic E-state index is -0.770. The number of hydrogen-bond acceptors (Lipinski definition) is 4. The molecule has 0 aliphatic rings. The molecule has 0 aliphatic carbocycles. The third kappa shape index (κ3) is 2.37. The van der Waals surface area contributed by atoms with E-state index in [0.717, 1.165) is 0 Å². The van der Waals surface area contributed by atoms with Crippen molar-refractivity contribution in [1.82, 2.24) is 0 Å². The summed E-state index contributed by atoms with van der Waals surface area (Å²) in [6.07, 6.45) is 0. The van der Waals surface area contributed by atoms with Crippen molar-refractivity contribution in [3.8, 4) is 0 Å². The number of carbonyl (C=O) groups is 1. The van der Waals surface area contributed by atoms with E-state index in [-0.39, 0.29) is 17.3 Å². The number of nitrogens with zero attached hydrogens (tertiary/aromatic N) is 1. The third-order valence-corrected chi connectivity index (χ3v) is 2.09. The Balaban J connectivity index is 3.23. The van der Waals surface area contributed by atoms with Crippen molar-refractivity contribution >= 4 is 17.6 Å². The topological polar surface area (TPSA) is 62.5 Å². The number of carbonyl (C=O) groups excluding carboxylic acids is 1. The third-order valence-electron chi connectivity index (χ3n) is 1.78. The maximum absolute atomic E-state index is 11.6. The molecule has 15 heavy (non-hydrogen) atoms. The Morgan fingerprint density at radius 2 is 2.20 bits per heavy atom. The zero-order chi connectivity index (χ0) is 11.4. The van der Waals surface area contributed by atoms with E-state index < -0.39 is 5.97 Å². The van der Waals surface area contributed by atoms with Gasteiger partial charge in [0, 0.05) is 13.2 Å². The van der Waals surface area contributed by atoms with E-state index in [0.29, 0.717) is 10.4 Å². The smallest absolute Gasteiger partial charge is 0.406 e. The minimum absolute atomic E-state index is 0.0525. The Morgan fingerprint density at radius 1 is 1.53 bits per heavy atom. The first-order valence-corrected chi connectivity index (χ1v) is 4.47. The molecule has 0 bridgehead atoms. The maximum Gasteiger partial charge on any atom is 0.406 e. The number of esters is 1. The van der Waals surface area contributed by atoms with Crippen LogP contribution in [-0.4, -0.2) is 20.2 Å². The van der Waals surface area contributed by atoms with Gasteiger partial charge in [0.1, 0.15) is 11.6 Å². The molecule has 0 spiro atoms. The molecule has 0 saturated heterocycles. The van der Waals surface area contributed by atoms with Crippen LogP contribution in [-0.2, 0) is 16.1 Å². The first kappa shape index (κ1) is 11.7. The Kier molecular flexibility index (Phi) is 3.88. The molecule has 0 fully saturated rings. The molecule has 1 aromatic heterocycles. The molecule has 0 atom stereocenters. The van der Waals surface area contributed by atoms with E-state index in [1.165, 1.54) is 26.4 Å². The van der Waals surface area contributed by atoms with Gasteiger partial charge in [-0.1, -0.05) is 11.6 Å². The number of hydrogen-bond donors (Lipinski definition) is 0. The van der Waals surface area contributed by atoms with Gasteiger partial charge in [-0.15, -0.1) is 0 Å². The fraction of sp³-hybridized carbons (Fsp3) is 0.333. The Morgan fingerprint density at radius 3 is 2.73 bits per heavy atom. The summed E-state index contributed by atoms with van der Waals surface area (Å²) in [5.41, 5.74) is 0.0658. The van der Waals surface area contributed by atoms with Gasteiger partial charge in [-0.3, -0.25) is 0 Å². The molecule has 1 aromatic rings. The highest BCUT2D eigenvalue weighted by Gasteiger charge is 2.24. The van der Waals surface area contributed by atoms with E-state index in [1.807, 2.05) is 0 Å². The van der Waals surface area contributed by atoms with Gasteiger partial charge in [0.2, 0.25) is 5.69 Å². The van der Waals surface area contributed by atoms with Gasteiger partial charge in [-0.25, -0.2) is 4.79 Å². The summed E-state index contributed by atoms with van der Waals surface area (Å²) in [6.45, 7) is 0.102. The Hall–Kier alpha value is -1.33. The molecular weight excluding hydrogens is 222 g/mol. The predicted molar refractivity (Wildman–Crippen MR) is 52.5 cm³/mol. The molecule has 0 saturated carbocycles. The van der Waals surface area contributed by atoms with Crippen molar-refractivity contribution < 1.29 is 19.0 Å². The normalized spacial score (nSPS) is 10.1. The lowest BCUT2D eigenvalue weighted by Crippen LogP contribution is -2.40.